The Hall–Kier alpha value is -1.69. The number of aryl methyl sites for hydroxylation is 1. The van der Waals surface area contributed by atoms with E-state index in [0.29, 0.717) is 13.0 Å². The fourth-order valence-electron chi connectivity index (χ4n) is 2.88. The molecule has 0 saturated carbocycles. The number of hydrogen-bond donors (Lipinski definition) is 1. The number of rotatable bonds is 4. The first-order valence-electron chi connectivity index (χ1n) is 7.97. The van der Waals surface area contributed by atoms with Gasteiger partial charge in [-0.05, 0) is 25.8 Å². The molecule has 1 saturated heterocycles. The summed E-state index contributed by atoms with van der Waals surface area (Å²) in [5.74, 6) is 1.08. The second kappa shape index (κ2) is 7.05. The molecule has 2 aromatic heterocycles. The molecule has 1 N–H and O–H groups in total. The topological polar surface area (TPSA) is 58.1 Å². The molecule has 1 aliphatic heterocycles. The summed E-state index contributed by atoms with van der Waals surface area (Å²) in [6, 6.07) is 2.10. The van der Waals surface area contributed by atoms with Crippen molar-refractivity contribution >= 4 is 33.3 Å². The Morgan fingerprint density at radius 1 is 1.27 bits per heavy atom. The number of fused-ring (bicyclic) bond motifs is 1. The predicted octanol–water partition coefficient (Wildman–Crippen LogP) is 3.20. The van der Waals surface area contributed by atoms with Crippen molar-refractivity contribution in [2.75, 3.05) is 25.0 Å². The van der Waals surface area contributed by atoms with E-state index < -0.39 is 0 Å². The number of aromatic nitrogens is 2. The Morgan fingerprint density at radius 3 is 2.82 bits per heavy atom. The van der Waals surface area contributed by atoms with Gasteiger partial charge < -0.3 is 10.2 Å². The van der Waals surface area contributed by atoms with E-state index in [4.69, 9.17) is 0 Å². The van der Waals surface area contributed by atoms with Crippen LogP contribution in [0.25, 0.3) is 10.2 Å². The summed E-state index contributed by atoms with van der Waals surface area (Å²) in [6.45, 7) is 4.52. The third kappa shape index (κ3) is 3.55. The highest BCUT2D eigenvalue weighted by Crippen LogP contribution is 2.27. The fourth-order valence-corrected chi connectivity index (χ4v) is 3.73. The highest BCUT2D eigenvalue weighted by atomic mass is 32.1. The van der Waals surface area contributed by atoms with E-state index in [1.165, 1.54) is 17.7 Å². The molecule has 2 aromatic rings. The predicted molar refractivity (Wildman–Crippen MR) is 90.3 cm³/mol. The van der Waals surface area contributed by atoms with Crippen LogP contribution in [0.3, 0.4) is 0 Å². The first-order chi connectivity index (χ1) is 10.7. The molecule has 0 radical (unpaired) electrons. The van der Waals surface area contributed by atoms with Crippen LogP contribution >= 0.6 is 11.3 Å². The number of anilines is 1. The summed E-state index contributed by atoms with van der Waals surface area (Å²) in [4.78, 5) is 25.1. The van der Waals surface area contributed by atoms with E-state index in [9.17, 15) is 4.79 Å². The van der Waals surface area contributed by atoms with Gasteiger partial charge in [-0.25, -0.2) is 9.97 Å². The van der Waals surface area contributed by atoms with Gasteiger partial charge in [0.15, 0.2) is 0 Å². The van der Waals surface area contributed by atoms with Crippen molar-refractivity contribution in [2.45, 2.75) is 39.0 Å². The van der Waals surface area contributed by atoms with Crippen molar-refractivity contribution in [1.82, 2.24) is 14.9 Å². The van der Waals surface area contributed by atoms with E-state index in [-0.39, 0.29) is 5.91 Å². The number of nitrogens with zero attached hydrogens (tertiary/aromatic N) is 3. The normalized spacial score (nSPS) is 15.8. The van der Waals surface area contributed by atoms with Crippen LogP contribution in [0.2, 0.25) is 0 Å². The van der Waals surface area contributed by atoms with Crippen molar-refractivity contribution in [2.24, 2.45) is 0 Å². The molecule has 118 valence electrons. The van der Waals surface area contributed by atoms with Crippen molar-refractivity contribution in [3.63, 3.8) is 0 Å². The van der Waals surface area contributed by atoms with E-state index >= 15 is 0 Å². The van der Waals surface area contributed by atoms with Crippen LogP contribution in [0, 0.1) is 6.92 Å². The number of hydrogen-bond acceptors (Lipinski definition) is 5. The van der Waals surface area contributed by atoms with Gasteiger partial charge in [0.2, 0.25) is 5.91 Å². The SMILES string of the molecule is Cc1cc2c(NCCC(=O)N3CCCCCC3)ncnc2s1. The van der Waals surface area contributed by atoms with Gasteiger partial charge in [-0.3, -0.25) is 4.79 Å². The second-order valence-corrected chi connectivity index (χ2v) is 7.00. The van der Waals surface area contributed by atoms with E-state index in [0.717, 1.165) is 42.0 Å². The molecule has 1 aliphatic rings. The lowest BCUT2D eigenvalue weighted by Crippen LogP contribution is -2.32. The Kier molecular flexibility index (Phi) is 4.87. The Labute approximate surface area is 134 Å². The number of amides is 1. The molecule has 0 bridgehead atoms. The van der Waals surface area contributed by atoms with Gasteiger partial charge in [0.25, 0.3) is 0 Å². The van der Waals surface area contributed by atoms with Crippen molar-refractivity contribution in [3.8, 4) is 0 Å². The number of carbonyl (C=O) groups is 1. The molecule has 1 fully saturated rings. The Morgan fingerprint density at radius 2 is 2.05 bits per heavy atom. The first-order valence-corrected chi connectivity index (χ1v) is 8.78. The standard InChI is InChI=1S/C16H22N4OS/c1-12-10-13-15(18-11-19-16(13)22-12)17-7-6-14(21)20-8-4-2-3-5-9-20/h10-11H,2-9H2,1H3,(H,17,18,19). The van der Waals surface area contributed by atoms with Gasteiger partial charge in [0.1, 0.15) is 17.0 Å². The minimum atomic E-state index is 0.251. The fraction of sp³-hybridized carbons (Fsp3) is 0.562. The van der Waals surface area contributed by atoms with Crippen molar-refractivity contribution in [1.29, 1.82) is 0 Å². The molecule has 1 amide bonds. The van der Waals surface area contributed by atoms with Crippen molar-refractivity contribution < 1.29 is 4.79 Å². The molecule has 3 heterocycles. The molecule has 0 aliphatic carbocycles. The number of nitrogens with one attached hydrogen (secondary N) is 1. The average Bonchev–Trinajstić information content (AvgIpc) is 2.73. The first kappa shape index (κ1) is 15.2. The van der Waals surface area contributed by atoms with Crippen LogP contribution in [0.5, 0.6) is 0 Å². The molecule has 6 heteroatoms. The minimum Gasteiger partial charge on any atom is -0.369 e. The largest absolute Gasteiger partial charge is 0.369 e. The number of carbonyl (C=O) groups excluding carboxylic acids is 1. The van der Waals surface area contributed by atoms with E-state index in [2.05, 4.69) is 28.3 Å². The molecule has 0 aromatic carbocycles. The molecular formula is C16H22N4OS. The Balaban J connectivity index is 1.56. The maximum atomic E-state index is 12.3. The van der Waals surface area contributed by atoms with Crippen LogP contribution in [-0.2, 0) is 4.79 Å². The second-order valence-electron chi connectivity index (χ2n) is 5.77. The van der Waals surface area contributed by atoms with E-state index in [1.807, 2.05) is 4.90 Å². The van der Waals surface area contributed by atoms with Crippen LogP contribution in [0.4, 0.5) is 5.82 Å². The van der Waals surface area contributed by atoms with E-state index in [1.54, 1.807) is 17.7 Å². The monoisotopic (exact) mass is 318 g/mol. The van der Waals surface area contributed by atoms with Gasteiger partial charge in [-0.15, -0.1) is 11.3 Å². The van der Waals surface area contributed by atoms with Gasteiger partial charge in [0, 0.05) is 30.9 Å². The van der Waals surface area contributed by atoms with Crippen LogP contribution in [0.15, 0.2) is 12.4 Å². The summed E-state index contributed by atoms with van der Waals surface area (Å²) in [6.07, 6.45) is 6.88. The maximum absolute atomic E-state index is 12.3. The van der Waals surface area contributed by atoms with Crippen molar-refractivity contribution in [3.05, 3.63) is 17.3 Å². The quantitative estimate of drug-likeness (QED) is 0.940. The lowest BCUT2D eigenvalue weighted by molar-refractivity contribution is -0.130. The van der Waals surface area contributed by atoms with Gasteiger partial charge in [-0.1, -0.05) is 12.8 Å². The zero-order valence-electron chi connectivity index (χ0n) is 13.0. The average molecular weight is 318 g/mol. The summed E-state index contributed by atoms with van der Waals surface area (Å²) in [5, 5.41) is 4.34. The summed E-state index contributed by atoms with van der Waals surface area (Å²) >= 11 is 1.66. The number of likely N-dealkylation sites (tertiary alicyclic amines) is 1. The maximum Gasteiger partial charge on any atom is 0.224 e. The third-order valence-corrected chi connectivity index (χ3v) is 5.00. The Bertz CT molecular complexity index is 647. The summed E-state index contributed by atoms with van der Waals surface area (Å²) in [5.41, 5.74) is 0. The molecule has 5 nitrogen and oxygen atoms in total. The third-order valence-electron chi connectivity index (χ3n) is 4.04. The number of thiophene rings is 1. The summed E-state index contributed by atoms with van der Waals surface area (Å²) in [7, 11) is 0. The smallest absolute Gasteiger partial charge is 0.224 e. The van der Waals surface area contributed by atoms with Crippen LogP contribution < -0.4 is 5.32 Å². The molecule has 0 atom stereocenters. The minimum absolute atomic E-state index is 0.251. The van der Waals surface area contributed by atoms with Gasteiger partial charge in [-0.2, -0.15) is 0 Å². The zero-order valence-corrected chi connectivity index (χ0v) is 13.8. The van der Waals surface area contributed by atoms with Gasteiger partial charge >= 0.3 is 0 Å². The lowest BCUT2D eigenvalue weighted by atomic mass is 10.2. The van der Waals surface area contributed by atoms with Crippen LogP contribution in [-0.4, -0.2) is 40.4 Å². The van der Waals surface area contributed by atoms with Crippen LogP contribution in [0.1, 0.15) is 37.0 Å². The zero-order chi connectivity index (χ0) is 15.4. The molecule has 3 rings (SSSR count). The highest BCUT2D eigenvalue weighted by molar-refractivity contribution is 7.18. The molecular weight excluding hydrogens is 296 g/mol. The molecule has 0 unspecified atom stereocenters. The molecule has 22 heavy (non-hydrogen) atoms. The highest BCUT2D eigenvalue weighted by Gasteiger charge is 2.15. The van der Waals surface area contributed by atoms with Gasteiger partial charge in [0.05, 0.1) is 5.39 Å². The molecule has 0 spiro atoms. The lowest BCUT2D eigenvalue weighted by Gasteiger charge is -2.20. The summed E-state index contributed by atoms with van der Waals surface area (Å²) < 4.78 is 0.